The standard InChI is InChI=1S/C15H16N4/c1-10-11(2)18-14(12(3)17-10)8-19-9-16-13-6-4-5-7-15(13)19/h4-7,9H,8H2,1-3H3. The Morgan fingerprint density at radius 3 is 2.53 bits per heavy atom. The summed E-state index contributed by atoms with van der Waals surface area (Å²) >= 11 is 0. The largest absolute Gasteiger partial charge is 0.324 e. The number of imidazole rings is 1. The van der Waals surface area contributed by atoms with Gasteiger partial charge >= 0.3 is 0 Å². The van der Waals surface area contributed by atoms with E-state index in [0.29, 0.717) is 6.54 Å². The van der Waals surface area contributed by atoms with E-state index in [-0.39, 0.29) is 0 Å². The van der Waals surface area contributed by atoms with Crippen molar-refractivity contribution in [1.82, 2.24) is 19.5 Å². The average molecular weight is 252 g/mol. The SMILES string of the molecule is Cc1nc(C)c(Cn2cnc3ccccc32)nc1C. The second kappa shape index (κ2) is 4.46. The van der Waals surface area contributed by atoms with Gasteiger partial charge in [0.15, 0.2) is 0 Å². The zero-order valence-corrected chi connectivity index (χ0v) is 11.4. The summed E-state index contributed by atoms with van der Waals surface area (Å²) in [5.41, 5.74) is 6.12. The van der Waals surface area contributed by atoms with Crippen LogP contribution >= 0.6 is 0 Å². The van der Waals surface area contributed by atoms with Crippen LogP contribution < -0.4 is 0 Å². The fraction of sp³-hybridized carbons (Fsp3) is 0.267. The monoisotopic (exact) mass is 252 g/mol. The highest BCUT2D eigenvalue weighted by Crippen LogP contribution is 2.15. The molecule has 3 aromatic rings. The second-order valence-corrected chi connectivity index (χ2v) is 4.79. The molecule has 0 saturated carbocycles. The van der Waals surface area contributed by atoms with Gasteiger partial charge < -0.3 is 4.57 Å². The molecule has 0 aliphatic heterocycles. The van der Waals surface area contributed by atoms with E-state index < -0.39 is 0 Å². The van der Waals surface area contributed by atoms with E-state index >= 15 is 0 Å². The molecule has 4 nitrogen and oxygen atoms in total. The van der Waals surface area contributed by atoms with Crippen LogP contribution in [-0.2, 0) is 6.54 Å². The van der Waals surface area contributed by atoms with Crippen LogP contribution in [0.25, 0.3) is 11.0 Å². The molecule has 0 atom stereocenters. The van der Waals surface area contributed by atoms with Gasteiger partial charge in [-0.1, -0.05) is 12.1 Å². The molecule has 0 spiro atoms. The molecule has 0 fully saturated rings. The second-order valence-electron chi connectivity index (χ2n) is 4.79. The molecular formula is C15H16N4. The fourth-order valence-electron chi connectivity index (χ4n) is 2.21. The Hall–Kier alpha value is -2.23. The normalized spacial score (nSPS) is 11.1. The van der Waals surface area contributed by atoms with Crippen molar-refractivity contribution >= 4 is 11.0 Å². The van der Waals surface area contributed by atoms with E-state index in [4.69, 9.17) is 0 Å². The molecule has 2 heterocycles. The highest BCUT2D eigenvalue weighted by Gasteiger charge is 2.08. The Bertz CT molecular complexity index is 743. The number of benzene rings is 1. The first kappa shape index (κ1) is 11.8. The maximum Gasteiger partial charge on any atom is 0.0962 e. The van der Waals surface area contributed by atoms with Crippen molar-refractivity contribution < 1.29 is 0 Å². The quantitative estimate of drug-likeness (QED) is 0.704. The molecule has 19 heavy (non-hydrogen) atoms. The Morgan fingerprint density at radius 1 is 0.947 bits per heavy atom. The van der Waals surface area contributed by atoms with Crippen molar-refractivity contribution in [3.05, 3.63) is 53.4 Å². The fourth-order valence-corrected chi connectivity index (χ4v) is 2.21. The van der Waals surface area contributed by atoms with E-state index in [1.54, 1.807) is 0 Å². The van der Waals surface area contributed by atoms with E-state index in [2.05, 4.69) is 25.6 Å². The van der Waals surface area contributed by atoms with Gasteiger partial charge in [0.25, 0.3) is 0 Å². The number of hydrogen-bond donors (Lipinski definition) is 0. The Labute approximate surface area is 112 Å². The number of nitrogens with zero attached hydrogens (tertiary/aromatic N) is 4. The molecule has 3 rings (SSSR count). The Balaban J connectivity index is 2.04. The van der Waals surface area contributed by atoms with Gasteiger partial charge in [-0.2, -0.15) is 0 Å². The summed E-state index contributed by atoms with van der Waals surface area (Å²) in [4.78, 5) is 13.6. The minimum absolute atomic E-state index is 0.709. The van der Waals surface area contributed by atoms with Crippen LogP contribution in [0.3, 0.4) is 0 Å². The van der Waals surface area contributed by atoms with Crippen LogP contribution in [0.5, 0.6) is 0 Å². The van der Waals surface area contributed by atoms with Crippen molar-refractivity contribution in [2.24, 2.45) is 0 Å². The highest BCUT2D eigenvalue weighted by molar-refractivity contribution is 5.75. The van der Waals surface area contributed by atoms with Gasteiger partial charge in [0.1, 0.15) is 0 Å². The molecule has 0 N–H and O–H groups in total. The molecule has 0 aliphatic rings. The third-order valence-corrected chi connectivity index (χ3v) is 3.43. The van der Waals surface area contributed by atoms with E-state index in [1.807, 2.05) is 45.3 Å². The van der Waals surface area contributed by atoms with E-state index in [9.17, 15) is 0 Å². The summed E-state index contributed by atoms with van der Waals surface area (Å²) in [7, 11) is 0. The predicted octanol–water partition coefficient (Wildman–Crippen LogP) is 2.80. The molecule has 0 saturated heterocycles. The first-order chi connectivity index (χ1) is 9.15. The Kier molecular flexibility index (Phi) is 2.78. The zero-order valence-electron chi connectivity index (χ0n) is 11.4. The van der Waals surface area contributed by atoms with Gasteiger partial charge in [-0.25, -0.2) is 4.98 Å². The van der Waals surface area contributed by atoms with Crippen molar-refractivity contribution in [1.29, 1.82) is 0 Å². The predicted molar refractivity (Wildman–Crippen MR) is 75.1 cm³/mol. The summed E-state index contributed by atoms with van der Waals surface area (Å²) in [6.45, 7) is 6.71. The number of para-hydroxylation sites is 2. The molecule has 2 aromatic heterocycles. The lowest BCUT2D eigenvalue weighted by Crippen LogP contribution is -2.07. The zero-order chi connectivity index (χ0) is 13.4. The van der Waals surface area contributed by atoms with E-state index in [0.717, 1.165) is 33.8 Å². The molecule has 0 radical (unpaired) electrons. The van der Waals surface area contributed by atoms with Gasteiger partial charge in [-0.3, -0.25) is 9.97 Å². The average Bonchev–Trinajstić information content (AvgIpc) is 2.80. The smallest absolute Gasteiger partial charge is 0.0962 e. The van der Waals surface area contributed by atoms with Crippen molar-refractivity contribution in [3.63, 3.8) is 0 Å². The van der Waals surface area contributed by atoms with Crippen LogP contribution in [0.15, 0.2) is 30.6 Å². The number of aromatic nitrogens is 4. The van der Waals surface area contributed by atoms with Crippen molar-refractivity contribution in [2.75, 3.05) is 0 Å². The molecule has 4 heteroatoms. The minimum atomic E-state index is 0.709. The molecule has 0 unspecified atom stereocenters. The molecular weight excluding hydrogens is 236 g/mol. The van der Waals surface area contributed by atoms with Crippen LogP contribution in [0.4, 0.5) is 0 Å². The lowest BCUT2D eigenvalue weighted by Gasteiger charge is -2.09. The first-order valence-electron chi connectivity index (χ1n) is 6.36. The summed E-state index contributed by atoms with van der Waals surface area (Å²) in [6, 6.07) is 8.12. The van der Waals surface area contributed by atoms with Crippen molar-refractivity contribution in [3.8, 4) is 0 Å². The minimum Gasteiger partial charge on any atom is -0.324 e. The van der Waals surface area contributed by atoms with Crippen molar-refractivity contribution in [2.45, 2.75) is 27.3 Å². The van der Waals surface area contributed by atoms with Crippen LogP contribution in [-0.4, -0.2) is 19.5 Å². The van der Waals surface area contributed by atoms with Gasteiger partial charge in [-0.15, -0.1) is 0 Å². The molecule has 0 amide bonds. The van der Waals surface area contributed by atoms with Gasteiger partial charge in [0, 0.05) is 0 Å². The van der Waals surface area contributed by atoms with Crippen LogP contribution in [0.2, 0.25) is 0 Å². The molecule has 96 valence electrons. The molecule has 1 aromatic carbocycles. The maximum atomic E-state index is 4.64. The summed E-state index contributed by atoms with van der Waals surface area (Å²) in [5.74, 6) is 0. The number of hydrogen-bond acceptors (Lipinski definition) is 3. The van der Waals surface area contributed by atoms with Crippen LogP contribution in [0.1, 0.15) is 22.8 Å². The topological polar surface area (TPSA) is 43.6 Å². The summed E-state index contributed by atoms with van der Waals surface area (Å²) in [6.07, 6.45) is 1.86. The van der Waals surface area contributed by atoms with E-state index in [1.165, 1.54) is 0 Å². The van der Waals surface area contributed by atoms with Gasteiger partial charge in [0.2, 0.25) is 0 Å². The lowest BCUT2D eigenvalue weighted by atomic mass is 10.2. The number of fused-ring (bicyclic) bond motifs is 1. The number of rotatable bonds is 2. The highest BCUT2D eigenvalue weighted by atomic mass is 15.1. The number of aryl methyl sites for hydroxylation is 3. The lowest BCUT2D eigenvalue weighted by molar-refractivity contribution is 0.768. The van der Waals surface area contributed by atoms with Gasteiger partial charge in [0.05, 0.1) is 46.7 Å². The Morgan fingerprint density at radius 2 is 1.68 bits per heavy atom. The molecule has 0 aliphatic carbocycles. The maximum absolute atomic E-state index is 4.64. The third-order valence-electron chi connectivity index (χ3n) is 3.43. The van der Waals surface area contributed by atoms with Crippen LogP contribution in [0, 0.1) is 20.8 Å². The summed E-state index contributed by atoms with van der Waals surface area (Å²) in [5, 5.41) is 0. The summed E-state index contributed by atoms with van der Waals surface area (Å²) < 4.78 is 2.11. The first-order valence-corrected chi connectivity index (χ1v) is 6.36. The van der Waals surface area contributed by atoms with Gasteiger partial charge in [-0.05, 0) is 32.9 Å². The third kappa shape index (κ3) is 2.10. The molecule has 0 bridgehead atoms.